The summed E-state index contributed by atoms with van der Waals surface area (Å²) < 4.78 is 0. The Morgan fingerprint density at radius 2 is 2.28 bits per heavy atom. The van der Waals surface area contributed by atoms with Crippen molar-refractivity contribution in [1.82, 2.24) is 4.90 Å². The van der Waals surface area contributed by atoms with Crippen LogP contribution < -0.4 is 0 Å². The van der Waals surface area contributed by atoms with Gasteiger partial charge in [0.25, 0.3) is 0 Å². The third-order valence-corrected chi connectivity index (χ3v) is 5.56. The second-order valence-corrected chi connectivity index (χ2v) is 7.00. The first-order chi connectivity index (χ1) is 8.52. The van der Waals surface area contributed by atoms with E-state index in [9.17, 15) is 14.7 Å². The van der Waals surface area contributed by atoms with Crippen molar-refractivity contribution < 1.29 is 14.7 Å². The van der Waals surface area contributed by atoms with Gasteiger partial charge in [-0.05, 0) is 12.0 Å². The summed E-state index contributed by atoms with van der Waals surface area (Å²) in [4.78, 5) is 25.7. The average molecular weight is 287 g/mol. The van der Waals surface area contributed by atoms with Gasteiger partial charge < -0.3 is 10.0 Å². The number of hydrogen-bond acceptors (Lipinski definition) is 4. The molecule has 0 aromatic heterocycles. The first kappa shape index (κ1) is 13.8. The zero-order chi connectivity index (χ0) is 13.4. The molecule has 0 aliphatic carbocycles. The molecule has 2 heterocycles. The van der Waals surface area contributed by atoms with E-state index in [2.05, 4.69) is 13.8 Å². The molecule has 1 saturated heterocycles. The number of hydrogen-bond donors (Lipinski definition) is 1. The molecule has 1 fully saturated rings. The van der Waals surface area contributed by atoms with Gasteiger partial charge in [0.1, 0.15) is 5.70 Å². The number of rotatable bonds is 5. The molecule has 0 aromatic rings. The van der Waals surface area contributed by atoms with Gasteiger partial charge in [-0.3, -0.25) is 4.79 Å². The number of aliphatic carboxylic acids is 1. The molecule has 0 radical (unpaired) electrons. The minimum atomic E-state index is -0.982. The summed E-state index contributed by atoms with van der Waals surface area (Å²) in [6.45, 7) is 4.14. The Labute approximate surface area is 115 Å². The number of nitrogens with zero attached hydrogens (tertiary/aromatic N) is 1. The van der Waals surface area contributed by atoms with Crippen LogP contribution in [0.4, 0.5) is 0 Å². The molecule has 0 bridgehead atoms. The maximum Gasteiger partial charge on any atom is 0.353 e. The molecule has 4 nitrogen and oxygen atoms in total. The molecule has 100 valence electrons. The monoisotopic (exact) mass is 287 g/mol. The van der Waals surface area contributed by atoms with Crippen molar-refractivity contribution in [2.24, 2.45) is 5.92 Å². The first-order valence-electron chi connectivity index (χ1n) is 5.98. The highest BCUT2D eigenvalue weighted by atomic mass is 32.2. The molecule has 1 unspecified atom stereocenters. The van der Waals surface area contributed by atoms with E-state index >= 15 is 0 Å². The van der Waals surface area contributed by atoms with Crippen LogP contribution in [-0.4, -0.2) is 45.2 Å². The Balaban J connectivity index is 2.18. The van der Waals surface area contributed by atoms with Crippen molar-refractivity contribution in [3.8, 4) is 0 Å². The predicted octanol–water partition coefficient (Wildman–Crippen LogP) is 2.02. The van der Waals surface area contributed by atoms with Crippen LogP contribution in [0.2, 0.25) is 0 Å². The van der Waals surface area contributed by atoms with Gasteiger partial charge in [0.05, 0.1) is 12.0 Å². The van der Waals surface area contributed by atoms with Crippen LogP contribution in [0.15, 0.2) is 10.6 Å². The van der Waals surface area contributed by atoms with Gasteiger partial charge in [-0.25, -0.2) is 4.79 Å². The largest absolute Gasteiger partial charge is 0.477 e. The van der Waals surface area contributed by atoms with Gasteiger partial charge in [-0.2, -0.15) is 11.8 Å². The van der Waals surface area contributed by atoms with Gasteiger partial charge in [0.15, 0.2) is 0 Å². The molecule has 3 atom stereocenters. The molecular formula is C12H17NO3S2. The van der Waals surface area contributed by atoms with E-state index in [1.807, 2.05) is 6.26 Å². The molecule has 6 heteroatoms. The van der Waals surface area contributed by atoms with E-state index in [1.165, 1.54) is 16.7 Å². The number of carbonyl (C=O) groups is 2. The number of amides is 1. The quantitative estimate of drug-likeness (QED) is 0.784. The number of thioether (sulfide) groups is 2. The second-order valence-electron chi connectivity index (χ2n) is 4.45. The number of carboxylic acids is 1. The van der Waals surface area contributed by atoms with Crippen LogP contribution in [-0.2, 0) is 9.59 Å². The van der Waals surface area contributed by atoms with Crippen LogP contribution in [0.1, 0.15) is 20.3 Å². The van der Waals surface area contributed by atoms with Crippen molar-refractivity contribution in [1.29, 1.82) is 0 Å². The molecule has 0 saturated carbocycles. The summed E-state index contributed by atoms with van der Waals surface area (Å²) in [6, 6.07) is 0.0695. The molecule has 2 rings (SSSR count). The molecule has 18 heavy (non-hydrogen) atoms. The lowest BCUT2D eigenvalue weighted by Gasteiger charge is -2.45. The maximum atomic E-state index is 12.1. The van der Waals surface area contributed by atoms with Crippen LogP contribution in [0, 0.1) is 5.92 Å². The summed E-state index contributed by atoms with van der Waals surface area (Å²) in [6.07, 6.45) is 2.57. The number of carbonyl (C=O) groups excluding carboxylic acids is 1. The van der Waals surface area contributed by atoms with E-state index in [0.29, 0.717) is 6.42 Å². The average Bonchev–Trinajstić information content (AvgIpc) is 2.64. The summed E-state index contributed by atoms with van der Waals surface area (Å²) in [5.41, 5.74) is 0.211. The fraction of sp³-hybridized carbons (Fsp3) is 0.667. The molecule has 0 spiro atoms. The topological polar surface area (TPSA) is 57.6 Å². The Morgan fingerprint density at radius 1 is 1.61 bits per heavy atom. The highest BCUT2D eigenvalue weighted by Gasteiger charge is 2.56. The fourth-order valence-corrected chi connectivity index (χ4v) is 4.51. The Bertz CT molecular complexity index is 422. The third kappa shape index (κ3) is 1.95. The Kier molecular flexibility index (Phi) is 3.96. The summed E-state index contributed by atoms with van der Waals surface area (Å²) in [5.74, 6) is -0.0417. The van der Waals surface area contributed by atoms with Crippen LogP contribution in [0.3, 0.4) is 0 Å². The van der Waals surface area contributed by atoms with Crippen molar-refractivity contribution in [3.63, 3.8) is 0 Å². The van der Waals surface area contributed by atoms with E-state index in [1.54, 1.807) is 11.8 Å². The molecular weight excluding hydrogens is 270 g/mol. The first-order valence-corrected chi connectivity index (χ1v) is 8.25. The Hall–Kier alpha value is -0.620. The predicted molar refractivity (Wildman–Crippen MR) is 74.5 cm³/mol. The molecule has 2 aliphatic heterocycles. The lowest BCUT2D eigenvalue weighted by molar-refractivity contribution is -0.154. The standard InChI is InChI=1S/C12H17NO3S2/c1-4-18-6(2)9-7-5-8(17-3)10(12(15)16)13(7)11(9)14/h6-7,9H,4-5H2,1-3H3,(H,15,16)/t6?,7-,9-/m1/s1. The van der Waals surface area contributed by atoms with Gasteiger partial charge in [-0.1, -0.05) is 13.8 Å². The van der Waals surface area contributed by atoms with Crippen molar-refractivity contribution in [2.45, 2.75) is 31.6 Å². The lowest BCUT2D eigenvalue weighted by Crippen LogP contribution is -2.61. The number of fused-ring (bicyclic) bond motifs is 1. The van der Waals surface area contributed by atoms with Crippen molar-refractivity contribution >= 4 is 35.4 Å². The fourth-order valence-electron chi connectivity index (χ4n) is 2.76. The van der Waals surface area contributed by atoms with E-state index in [-0.39, 0.29) is 28.8 Å². The van der Waals surface area contributed by atoms with Crippen molar-refractivity contribution in [2.75, 3.05) is 12.0 Å². The smallest absolute Gasteiger partial charge is 0.353 e. The zero-order valence-corrected chi connectivity index (χ0v) is 12.3. The van der Waals surface area contributed by atoms with E-state index in [0.717, 1.165) is 10.7 Å². The minimum Gasteiger partial charge on any atom is -0.477 e. The summed E-state index contributed by atoms with van der Waals surface area (Å²) in [5, 5.41) is 9.48. The van der Waals surface area contributed by atoms with Crippen molar-refractivity contribution in [3.05, 3.63) is 10.6 Å². The highest BCUT2D eigenvalue weighted by Crippen LogP contribution is 2.48. The third-order valence-electron chi connectivity index (χ3n) is 3.55. The molecule has 2 aliphatic rings. The van der Waals surface area contributed by atoms with E-state index < -0.39 is 5.97 Å². The molecule has 0 aromatic carbocycles. The number of β-lactam (4-membered cyclic amide) rings is 1. The lowest BCUT2D eigenvalue weighted by atomic mass is 9.85. The van der Waals surface area contributed by atoms with Gasteiger partial charge in [0, 0.05) is 16.6 Å². The van der Waals surface area contributed by atoms with Gasteiger partial charge in [0.2, 0.25) is 5.91 Å². The van der Waals surface area contributed by atoms with Crippen LogP contribution >= 0.6 is 23.5 Å². The summed E-state index contributed by atoms with van der Waals surface area (Å²) >= 11 is 3.21. The second kappa shape index (κ2) is 5.17. The van der Waals surface area contributed by atoms with Crippen LogP contribution in [0.25, 0.3) is 0 Å². The SMILES string of the molecule is CCSC(C)[C@H]1C(=O)N2C(C(=O)O)=C(SC)C[C@H]12. The highest BCUT2D eigenvalue weighted by molar-refractivity contribution is 8.02. The zero-order valence-electron chi connectivity index (χ0n) is 10.7. The maximum absolute atomic E-state index is 12.1. The minimum absolute atomic E-state index is 0.0186. The molecule has 1 N–H and O–H groups in total. The number of carboxylic acid groups (broad SMARTS) is 1. The van der Waals surface area contributed by atoms with Gasteiger partial charge >= 0.3 is 5.97 Å². The van der Waals surface area contributed by atoms with Gasteiger partial charge in [-0.15, -0.1) is 11.8 Å². The molecule has 1 amide bonds. The Morgan fingerprint density at radius 3 is 2.78 bits per heavy atom. The normalized spacial score (nSPS) is 28.2. The van der Waals surface area contributed by atoms with E-state index in [4.69, 9.17) is 0 Å². The van der Waals surface area contributed by atoms with Crippen LogP contribution in [0.5, 0.6) is 0 Å². The summed E-state index contributed by atoms with van der Waals surface area (Å²) in [7, 11) is 0.